The van der Waals surface area contributed by atoms with Crippen molar-refractivity contribution in [2.24, 2.45) is 0 Å². The molecule has 1 aliphatic heterocycles. The summed E-state index contributed by atoms with van der Waals surface area (Å²) in [6.07, 6.45) is 0.875. The number of nitrogens with zero attached hydrogens (tertiary/aromatic N) is 1. The van der Waals surface area contributed by atoms with E-state index in [1.165, 1.54) is 0 Å². The second-order valence-electron chi connectivity index (χ2n) is 6.04. The van der Waals surface area contributed by atoms with Gasteiger partial charge in [0.1, 0.15) is 12.4 Å². The molecule has 6 nitrogen and oxygen atoms in total. The molecule has 1 amide bonds. The molecular formula is C19H21ClN4O2. The number of hydrogen-bond donors (Lipinski definition) is 3. The highest BCUT2D eigenvalue weighted by molar-refractivity contribution is 5.94. The van der Waals surface area contributed by atoms with Gasteiger partial charge in [-0.05, 0) is 11.5 Å². The van der Waals surface area contributed by atoms with Crippen LogP contribution < -0.4 is 15.4 Å². The van der Waals surface area contributed by atoms with E-state index < -0.39 is 0 Å². The molecule has 1 aromatic heterocycles. The summed E-state index contributed by atoms with van der Waals surface area (Å²) in [5, 5.41) is 15.5. The number of amides is 1. The highest BCUT2D eigenvalue weighted by Gasteiger charge is 2.21. The second-order valence-corrected chi connectivity index (χ2v) is 6.04. The van der Waals surface area contributed by atoms with Crippen LogP contribution in [0.5, 0.6) is 5.75 Å². The van der Waals surface area contributed by atoms with E-state index in [-0.39, 0.29) is 18.3 Å². The number of carbonyl (C=O) groups is 1. The van der Waals surface area contributed by atoms with Crippen LogP contribution in [0.25, 0.3) is 10.8 Å². The van der Waals surface area contributed by atoms with E-state index in [1.807, 2.05) is 30.3 Å². The Morgan fingerprint density at radius 2 is 2.04 bits per heavy atom. The molecule has 3 aromatic rings. The molecule has 0 spiro atoms. The molecule has 2 aromatic carbocycles. The van der Waals surface area contributed by atoms with Crippen LogP contribution in [0.3, 0.4) is 0 Å². The van der Waals surface area contributed by atoms with E-state index in [2.05, 4.69) is 33.0 Å². The normalized spacial score (nSPS) is 12.9. The lowest BCUT2D eigenvalue weighted by Crippen LogP contribution is -2.31. The van der Waals surface area contributed by atoms with Crippen molar-refractivity contribution < 1.29 is 9.53 Å². The van der Waals surface area contributed by atoms with Gasteiger partial charge in [-0.25, -0.2) is 0 Å². The Morgan fingerprint density at radius 1 is 1.19 bits per heavy atom. The Morgan fingerprint density at radius 3 is 2.96 bits per heavy atom. The number of fused-ring (bicyclic) bond motifs is 2. The third kappa shape index (κ3) is 3.66. The number of H-pyrrole nitrogens is 1. The van der Waals surface area contributed by atoms with Crippen LogP contribution in [0.1, 0.15) is 21.7 Å². The Balaban J connectivity index is 0.00000196. The molecule has 2 heterocycles. The Hall–Kier alpha value is -2.57. The number of ether oxygens (including phenoxy) is 1. The molecule has 26 heavy (non-hydrogen) atoms. The molecule has 0 saturated carbocycles. The first-order valence-corrected chi connectivity index (χ1v) is 8.48. The molecule has 0 unspecified atom stereocenters. The van der Waals surface area contributed by atoms with Crippen LogP contribution in [-0.2, 0) is 13.0 Å². The summed E-state index contributed by atoms with van der Waals surface area (Å²) in [5.41, 5.74) is 2.50. The lowest BCUT2D eigenvalue weighted by atomic mass is 10.1. The van der Waals surface area contributed by atoms with Gasteiger partial charge < -0.3 is 15.4 Å². The molecule has 0 bridgehead atoms. The Kier molecular flexibility index (Phi) is 5.75. The van der Waals surface area contributed by atoms with Crippen LogP contribution in [0.4, 0.5) is 0 Å². The van der Waals surface area contributed by atoms with E-state index in [4.69, 9.17) is 4.74 Å². The lowest BCUT2D eigenvalue weighted by Gasteiger charge is -2.13. The maximum absolute atomic E-state index is 12.3. The van der Waals surface area contributed by atoms with Crippen molar-refractivity contribution in [2.45, 2.75) is 13.0 Å². The van der Waals surface area contributed by atoms with Gasteiger partial charge in [0, 0.05) is 36.2 Å². The van der Waals surface area contributed by atoms with E-state index >= 15 is 0 Å². The van der Waals surface area contributed by atoms with E-state index in [1.54, 1.807) is 0 Å². The van der Waals surface area contributed by atoms with Crippen molar-refractivity contribution in [1.82, 2.24) is 20.8 Å². The van der Waals surface area contributed by atoms with Gasteiger partial charge in [-0.3, -0.25) is 9.89 Å². The first-order chi connectivity index (χ1) is 12.3. The van der Waals surface area contributed by atoms with Gasteiger partial charge in [-0.1, -0.05) is 36.4 Å². The molecule has 0 radical (unpaired) electrons. The summed E-state index contributed by atoms with van der Waals surface area (Å²) >= 11 is 0. The molecule has 0 atom stereocenters. The topological polar surface area (TPSA) is 79.0 Å². The first kappa shape index (κ1) is 18.2. The number of halogens is 1. The van der Waals surface area contributed by atoms with E-state index in [0.29, 0.717) is 25.4 Å². The van der Waals surface area contributed by atoms with Crippen LogP contribution in [0, 0.1) is 0 Å². The number of rotatable bonds is 5. The number of benzene rings is 2. The summed E-state index contributed by atoms with van der Waals surface area (Å²) in [6.45, 7) is 2.43. The van der Waals surface area contributed by atoms with Gasteiger partial charge in [-0.15, -0.1) is 12.4 Å². The highest BCUT2D eigenvalue weighted by Crippen LogP contribution is 2.24. The number of carbonyl (C=O) groups excluding carboxylic acids is 1. The molecule has 136 valence electrons. The third-order valence-corrected chi connectivity index (χ3v) is 4.42. The van der Waals surface area contributed by atoms with Crippen molar-refractivity contribution in [3.05, 3.63) is 59.4 Å². The first-order valence-electron chi connectivity index (χ1n) is 8.48. The van der Waals surface area contributed by atoms with Gasteiger partial charge in [-0.2, -0.15) is 5.10 Å². The smallest absolute Gasteiger partial charge is 0.272 e. The standard InChI is InChI=1S/C19H20N4O2.ClH/c24-19(18-15-12-20-9-8-16(15)22-23-18)21-10-11-25-17-7-3-5-13-4-1-2-6-14(13)17;/h1-7,20H,8-12H2,(H,21,24)(H,22,23);1H. The Labute approximate surface area is 157 Å². The van der Waals surface area contributed by atoms with Crippen LogP contribution in [0.2, 0.25) is 0 Å². The van der Waals surface area contributed by atoms with Gasteiger partial charge >= 0.3 is 0 Å². The summed E-state index contributed by atoms with van der Waals surface area (Å²) < 4.78 is 5.84. The molecule has 3 N–H and O–H groups in total. The molecule has 1 aliphatic rings. The van der Waals surface area contributed by atoms with Crippen molar-refractivity contribution in [1.29, 1.82) is 0 Å². The monoisotopic (exact) mass is 372 g/mol. The zero-order valence-corrected chi connectivity index (χ0v) is 15.1. The molecule has 0 fully saturated rings. The van der Waals surface area contributed by atoms with Gasteiger partial charge in [0.2, 0.25) is 0 Å². The maximum atomic E-state index is 12.3. The van der Waals surface area contributed by atoms with Crippen LogP contribution >= 0.6 is 12.4 Å². The SMILES string of the molecule is Cl.O=C(NCCOc1cccc2ccccc12)c1n[nH]c2c1CNCC2. The predicted molar refractivity (Wildman–Crippen MR) is 103 cm³/mol. The minimum Gasteiger partial charge on any atom is -0.491 e. The number of hydrogen-bond acceptors (Lipinski definition) is 4. The third-order valence-electron chi connectivity index (χ3n) is 4.42. The zero-order chi connectivity index (χ0) is 17.1. The summed E-state index contributed by atoms with van der Waals surface area (Å²) in [7, 11) is 0. The van der Waals surface area contributed by atoms with Crippen molar-refractivity contribution in [3.63, 3.8) is 0 Å². The number of aromatic amines is 1. The van der Waals surface area contributed by atoms with E-state index in [0.717, 1.165) is 40.7 Å². The van der Waals surface area contributed by atoms with Crippen molar-refractivity contribution in [3.8, 4) is 5.75 Å². The van der Waals surface area contributed by atoms with Gasteiger partial charge in [0.15, 0.2) is 5.69 Å². The average Bonchev–Trinajstić information content (AvgIpc) is 3.09. The fourth-order valence-corrected chi connectivity index (χ4v) is 3.14. The summed E-state index contributed by atoms with van der Waals surface area (Å²) in [6, 6.07) is 14.1. The lowest BCUT2D eigenvalue weighted by molar-refractivity contribution is 0.0941. The number of aromatic nitrogens is 2. The minimum atomic E-state index is -0.164. The Bertz CT molecular complexity index is 904. The maximum Gasteiger partial charge on any atom is 0.272 e. The quantitative estimate of drug-likeness (QED) is 0.601. The molecular weight excluding hydrogens is 352 g/mol. The molecule has 0 saturated heterocycles. The van der Waals surface area contributed by atoms with E-state index in [9.17, 15) is 4.79 Å². The predicted octanol–water partition coefficient (Wildman–Crippen LogP) is 2.44. The summed E-state index contributed by atoms with van der Waals surface area (Å²) in [4.78, 5) is 12.3. The zero-order valence-electron chi connectivity index (χ0n) is 14.2. The second kappa shape index (κ2) is 8.21. The van der Waals surface area contributed by atoms with Gasteiger partial charge in [0.25, 0.3) is 5.91 Å². The van der Waals surface area contributed by atoms with Gasteiger partial charge in [0.05, 0.1) is 6.54 Å². The molecule has 7 heteroatoms. The van der Waals surface area contributed by atoms with Crippen LogP contribution in [-0.4, -0.2) is 35.8 Å². The average molecular weight is 373 g/mol. The molecule has 0 aliphatic carbocycles. The van der Waals surface area contributed by atoms with Crippen LogP contribution in [0.15, 0.2) is 42.5 Å². The largest absolute Gasteiger partial charge is 0.491 e. The van der Waals surface area contributed by atoms with Crippen molar-refractivity contribution in [2.75, 3.05) is 19.7 Å². The summed E-state index contributed by atoms with van der Waals surface area (Å²) in [5.74, 6) is 0.663. The highest BCUT2D eigenvalue weighted by atomic mass is 35.5. The fourth-order valence-electron chi connectivity index (χ4n) is 3.14. The number of nitrogens with one attached hydrogen (secondary N) is 3. The fraction of sp³-hybridized carbons (Fsp3) is 0.263. The van der Waals surface area contributed by atoms with Crippen molar-refractivity contribution >= 4 is 29.1 Å². The minimum absolute atomic E-state index is 0. The molecule has 4 rings (SSSR count).